The fourth-order valence-corrected chi connectivity index (χ4v) is 4.69. The first kappa shape index (κ1) is 21.9. The molecule has 1 saturated heterocycles. The molecule has 0 amide bonds. The molecule has 0 saturated carbocycles. The first-order valence-corrected chi connectivity index (χ1v) is 11.3. The van der Waals surface area contributed by atoms with Gasteiger partial charge in [0.25, 0.3) is 0 Å². The molecule has 0 aliphatic carbocycles. The molecule has 4 rings (SSSR count). The smallest absolute Gasteiger partial charge is 0.231 e. The van der Waals surface area contributed by atoms with Gasteiger partial charge in [0.15, 0.2) is 11.5 Å². The van der Waals surface area contributed by atoms with Gasteiger partial charge in [0, 0.05) is 26.2 Å². The van der Waals surface area contributed by atoms with Gasteiger partial charge >= 0.3 is 0 Å². The molecular weight excluding hydrogens is 395 g/mol. The Bertz CT molecular complexity index is 876. The van der Waals surface area contributed by atoms with E-state index in [1.165, 1.54) is 24.5 Å². The van der Waals surface area contributed by atoms with Crippen molar-refractivity contribution in [3.8, 4) is 17.2 Å². The molecule has 0 radical (unpaired) electrons. The molecule has 5 nitrogen and oxygen atoms in total. The monoisotopic (exact) mass is 428 g/mol. The number of benzene rings is 2. The van der Waals surface area contributed by atoms with Crippen molar-refractivity contribution in [1.82, 2.24) is 9.80 Å². The molecule has 1 unspecified atom stereocenters. The molecule has 2 aromatic rings. The van der Waals surface area contributed by atoms with Crippen LogP contribution in [0.25, 0.3) is 0 Å². The summed E-state index contributed by atoms with van der Waals surface area (Å²) in [7, 11) is 1.67. The second-order valence-corrected chi connectivity index (χ2v) is 8.55. The maximum absolute atomic E-state index is 13.4. The SMILES string of the molecule is CCN(Cc1cc(OC)c2c(c1)OCO2)CC1CCCN(CCc2cccc(F)c2)C1. The van der Waals surface area contributed by atoms with E-state index in [0.29, 0.717) is 11.7 Å². The summed E-state index contributed by atoms with van der Waals surface area (Å²) in [6.45, 7) is 8.64. The summed E-state index contributed by atoms with van der Waals surface area (Å²) >= 11 is 0. The molecule has 6 heteroatoms. The second-order valence-electron chi connectivity index (χ2n) is 8.55. The third kappa shape index (κ3) is 5.69. The fraction of sp³-hybridized carbons (Fsp3) is 0.520. The molecule has 1 fully saturated rings. The van der Waals surface area contributed by atoms with Gasteiger partial charge in [-0.2, -0.15) is 0 Å². The summed E-state index contributed by atoms with van der Waals surface area (Å²) in [4.78, 5) is 5.04. The Morgan fingerprint density at radius 3 is 2.90 bits per heavy atom. The number of likely N-dealkylation sites (tertiary alicyclic amines) is 1. The van der Waals surface area contributed by atoms with Gasteiger partial charge in [-0.05, 0) is 73.7 Å². The molecule has 2 heterocycles. The number of hydrogen-bond donors (Lipinski definition) is 0. The molecule has 2 aliphatic heterocycles. The zero-order valence-corrected chi connectivity index (χ0v) is 18.6. The average molecular weight is 429 g/mol. The summed E-state index contributed by atoms with van der Waals surface area (Å²) in [5.74, 6) is 2.72. The predicted molar refractivity (Wildman–Crippen MR) is 119 cm³/mol. The van der Waals surface area contributed by atoms with E-state index < -0.39 is 0 Å². The Morgan fingerprint density at radius 1 is 1.19 bits per heavy atom. The highest BCUT2D eigenvalue weighted by Crippen LogP contribution is 2.42. The first-order chi connectivity index (χ1) is 15.1. The van der Waals surface area contributed by atoms with Crippen LogP contribution in [0.1, 0.15) is 30.9 Å². The molecular formula is C25H33FN2O3. The highest BCUT2D eigenvalue weighted by atomic mass is 19.1. The second kappa shape index (κ2) is 10.3. The number of nitrogens with zero attached hydrogens (tertiary/aromatic N) is 2. The lowest BCUT2D eigenvalue weighted by Gasteiger charge is -2.35. The van der Waals surface area contributed by atoms with Gasteiger partial charge in [-0.3, -0.25) is 4.90 Å². The Morgan fingerprint density at radius 2 is 2.10 bits per heavy atom. The van der Waals surface area contributed by atoms with Gasteiger partial charge < -0.3 is 19.1 Å². The van der Waals surface area contributed by atoms with E-state index in [-0.39, 0.29) is 12.6 Å². The van der Waals surface area contributed by atoms with Gasteiger partial charge in [-0.25, -0.2) is 4.39 Å². The summed E-state index contributed by atoms with van der Waals surface area (Å²) < 4.78 is 30.0. The van der Waals surface area contributed by atoms with Gasteiger partial charge in [-0.1, -0.05) is 19.1 Å². The van der Waals surface area contributed by atoms with E-state index >= 15 is 0 Å². The molecule has 168 valence electrons. The molecule has 31 heavy (non-hydrogen) atoms. The molecule has 0 N–H and O–H groups in total. The van der Waals surface area contributed by atoms with Gasteiger partial charge in [0.1, 0.15) is 5.82 Å². The minimum absolute atomic E-state index is 0.146. The van der Waals surface area contributed by atoms with Crippen molar-refractivity contribution in [2.45, 2.75) is 32.7 Å². The predicted octanol–water partition coefficient (Wildman–Crippen LogP) is 4.34. The van der Waals surface area contributed by atoms with E-state index in [2.05, 4.69) is 28.9 Å². The molecule has 0 bridgehead atoms. The summed E-state index contributed by atoms with van der Waals surface area (Å²) in [6.07, 6.45) is 3.39. The van der Waals surface area contributed by atoms with Crippen molar-refractivity contribution in [2.75, 3.05) is 46.6 Å². The van der Waals surface area contributed by atoms with Gasteiger partial charge in [-0.15, -0.1) is 0 Å². The Balaban J connectivity index is 1.32. The number of fused-ring (bicyclic) bond motifs is 1. The summed E-state index contributed by atoms with van der Waals surface area (Å²) in [5, 5.41) is 0. The van der Waals surface area contributed by atoms with Crippen LogP contribution >= 0.6 is 0 Å². The summed E-state index contributed by atoms with van der Waals surface area (Å²) in [5.41, 5.74) is 2.26. The Labute approximate surface area is 184 Å². The largest absolute Gasteiger partial charge is 0.493 e. The number of rotatable bonds is 9. The zero-order chi connectivity index (χ0) is 21.6. The lowest BCUT2D eigenvalue weighted by molar-refractivity contribution is 0.133. The van der Waals surface area contributed by atoms with Crippen LogP contribution in [0, 0.1) is 11.7 Å². The van der Waals surface area contributed by atoms with Crippen molar-refractivity contribution >= 4 is 0 Å². The number of halogens is 1. The topological polar surface area (TPSA) is 34.2 Å². The van der Waals surface area contributed by atoms with Gasteiger partial charge in [0.05, 0.1) is 7.11 Å². The van der Waals surface area contributed by atoms with Crippen LogP contribution in [0.2, 0.25) is 0 Å². The molecule has 2 aromatic carbocycles. The number of ether oxygens (including phenoxy) is 3. The highest BCUT2D eigenvalue weighted by Gasteiger charge is 2.24. The Hall–Kier alpha value is -2.31. The quantitative estimate of drug-likeness (QED) is 0.594. The maximum Gasteiger partial charge on any atom is 0.231 e. The highest BCUT2D eigenvalue weighted by molar-refractivity contribution is 5.55. The molecule has 2 aliphatic rings. The maximum atomic E-state index is 13.4. The third-order valence-corrected chi connectivity index (χ3v) is 6.30. The van der Waals surface area contributed by atoms with Crippen molar-refractivity contribution in [3.05, 3.63) is 53.3 Å². The fourth-order valence-electron chi connectivity index (χ4n) is 4.69. The summed E-state index contributed by atoms with van der Waals surface area (Å²) in [6, 6.07) is 11.1. The minimum Gasteiger partial charge on any atom is -0.493 e. The average Bonchev–Trinajstić information content (AvgIpc) is 3.26. The number of hydrogen-bond acceptors (Lipinski definition) is 5. The van der Waals surface area contributed by atoms with E-state index in [0.717, 1.165) is 62.8 Å². The van der Waals surface area contributed by atoms with Crippen LogP contribution in [0.5, 0.6) is 17.2 Å². The molecule has 0 aromatic heterocycles. The number of piperidine rings is 1. The van der Waals surface area contributed by atoms with Crippen LogP contribution in [-0.4, -0.2) is 56.4 Å². The lowest BCUT2D eigenvalue weighted by atomic mass is 9.96. The van der Waals surface area contributed by atoms with Crippen molar-refractivity contribution in [3.63, 3.8) is 0 Å². The Kier molecular flexibility index (Phi) is 7.30. The van der Waals surface area contributed by atoms with E-state index in [4.69, 9.17) is 14.2 Å². The van der Waals surface area contributed by atoms with Crippen LogP contribution < -0.4 is 14.2 Å². The first-order valence-electron chi connectivity index (χ1n) is 11.3. The zero-order valence-electron chi connectivity index (χ0n) is 18.6. The normalized spacial score (nSPS) is 18.5. The van der Waals surface area contributed by atoms with Crippen molar-refractivity contribution in [1.29, 1.82) is 0 Å². The van der Waals surface area contributed by atoms with Crippen LogP contribution in [0.4, 0.5) is 4.39 Å². The number of methoxy groups -OCH3 is 1. The lowest BCUT2D eigenvalue weighted by Crippen LogP contribution is -2.41. The molecule has 1 atom stereocenters. The van der Waals surface area contributed by atoms with E-state index in [1.807, 2.05) is 6.07 Å². The van der Waals surface area contributed by atoms with Crippen molar-refractivity contribution < 1.29 is 18.6 Å². The van der Waals surface area contributed by atoms with Crippen LogP contribution in [-0.2, 0) is 13.0 Å². The minimum atomic E-state index is -0.146. The third-order valence-electron chi connectivity index (χ3n) is 6.30. The van der Waals surface area contributed by atoms with Crippen LogP contribution in [0.15, 0.2) is 36.4 Å². The molecule has 0 spiro atoms. The van der Waals surface area contributed by atoms with E-state index in [1.54, 1.807) is 19.2 Å². The van der Waals surface area contributed by atoms with Gasteiger partial charge in [0.2, 0.25) is 12.5 Å². The standard InChI is InChI=1S/C25H33FN2O3/c1-3-27(17-21-13-23(29-2)25-24(14-21)30-18-31-25)15-20-7-5-10-28(16-20)11-9-19-6-4-8-22(26)12-19/h4,6,8,12-14,20H,3,5,7,9-11,15-18H2,1-2H3. The van der Waals surface area contributed by atoms with E-state index in [9.17, 15) is 4.39 Å². The van der Waals surface area contributed by atoms with Crippen molar-refractivity contribution in [2.24, 2.45) is 5.92 Å². The van der Waals surface area contributed by atoms with Crippen LogP contribution in [0.3, 0.4) is 0 Å².